The highest BCUT2D eigenvalue weighted by Gasteiger charge is 2.05. The number of nitrogens with zero attached hydrogens (tertiary/aromatic N) is 1. The van der Waals surface area contributed by atoms with Crippen LogP contribution in [0.15, 0.2) is 42.5 Å². The van der Waals surface area contributed by atoms with E-state index in [1.54, 1.807) is 18.4 Å². The number of hydrogen-bond acceptors (Lipinski definition) is 4. The van der Waals surface area contributed by atoms with Crippen molar-refractivity contribution in [3.05, 3.63) is 53.0 Å². The van der Waals surface area contributed by atoms with Crippen LogP contribution in [0.4, 0.5) is 5.69 Å². The molecule has 0 aliphatic heterocycles. The van der Waals surface area contributed by atoms with Gasteiger partial charge in [-0.25, -0.2) is 4.98 Å². The lowest BCUT2D eigenvalue weighted by Crippen LogP contribution is -1.91. The Bertz CT molecular complexity index is 719. The van der Waals surface area contributed by atoms with Gasteiger partial charge in [0, 0.05) is 12.1 Å². The highest BCUT2D eigenvalue weighted by atomic mass is 32.1. The van der Waals surface area contributed by atoms with Gasteiger partial charge >= 0.3 is 0 Å². The molecule has 3 aromatic rings. The molecule has 4 heteroatoms. The van der Waals surface area contributed by atoms with E-state index in [0.29, 0.717) is 0 Å². The third-order valence-electron chi connectivity index (χ3n) is 3.25. The summed E-state index contributed by atoms with van der Waals surface area (Å²) in [6.45, 7) is 0. The van der Waals surface area contributed by atoms with Crippen molar-refractivity contribution in [1.29, 1.82) is 0 Å². The zero-order valence-corrected chi connectivity index (χ0v) is 12.1. The van der Waals surface area contributed by atoms with E-state index in [4.69, 9.17) is 10.5 Å². The molecule has 0 fully saturated rings. The number of nitrogen functional groups attached to an aromatic ring is 1. The maximum atomic E-state index is 5.69. The number of nitrogens with two attached hydrogens (primary N) is 1. The summed E-state index contributed by atoms with van der Waals surface area (Å²) in [7, 11) is 1.68. The smallest absolute Gasteiger partial charge is 0.120 e. The number of aryl methyl sites for hydroxylation is 2. The Morgan fingerprint density at radius 1 is 1.10 bits per heavy atom. The van der Waals surface area contributed by atoms with Crippen molar-refractivity contribution in [3.63, 3.8) is 0 Å². The fraction of sp³-hybridized carbons (Fsp3) is 0.188. The fourth-order valence-corrected chi connectivity index (χ4v) is 3.12. The van der Waals surface area contributed by atoms with Gasteiger partial charge in [-0.2, -0.15) is 0 Å². The Morgan fingerprint density at radius 2 is 1.90 bits per heavy atom. The number of rotatable bonds is 4. The third kappa shape index (κ3) is 2.75. The van der Waals surface area contributed by atoms with E-state index in [9.17, 15) is 0 Å². The van der Waals surface area contributed by atoms with Gasteiger partial charge in [-0.3, -0.25) is 0 Å². The Kier molecular flexibility index (Phi) is 3.56. The summed E-state index contributed by atoms with van der Waals surface area (Å²) in [6, 6.07) is 14.0. The largest absolute Gasteiger partial charge is 0.497 e. The van der Waals surface area contributed by atoms with Crippen LogP contribution in [0.5, 0.6) is 5.75 Å². The molecule has 3 rings (SSSR count). The molecular formula is C16H16N2OS. The first-order valence-corrected chi connectivity index (χ1v) is 7.34. The summed E-state index contributed by atoms with van der Waals surface area (Å²) in [4.78, 5) is 4.66. The first-order valence-electron chi connectivity index (χ1n) is 6.52. The summed E-state index contributed by atoms with van der Waals surface area (Å²) in [5.41, 5.74) is 8.83. The van der Waals surface area contributed by atoms with Crippen molar-refractivity contribution in [2.24, 2.45) is 0 Å². The minimum absolute atomic E-state index is 0.806. The first kappa shape index (κ1) is 12.9. The minimum Gasteiger partial charge on any atom is -0.497 e. The molecule has 20 heavy (non-hydrogen) atoms. The van der Waals surface area contributed by atoms with Gasteiger partial charge in [0.25, 0.3) is 0 Å². The highest BCUT2D eigenvalue weighted by molar-refractivity contribution is 7.18. The van der Waals surface area contributed by atoms with Gasteiger partial charge in [0.15, 0.2) is 0 Å². The van der Waals surface area contributed by atoms with E-state index in [2.05, 4.69) is 17.1 Å². The molecule has 102 valence electrons. The normalized spacial score (nSPS) is 10.8. The molecule has 0 amide bonds. The van der Waals surface area contributed by atoms with Crippen LogP contribution in [-0.2, 0) is 12.8 Å². The van der Waals surface area contributed by atoms with Crippen LogP contribution in [0.25, 0.3) is 10.2 Å². The van der Waals surface area contributed by atoms with Crippen LogP contribution in [0.3, 0.4) is 0 Å². The van der Waals surface area contributed by atoms with Gasteiger partial charge in [-0.1, -0.05) is 12.1 Å². The molecule has 0 radical (unpaired) electrons. The maximum absolute atomic E-state index is 5.69. The first-order chi connectivity index (χ1) is 9.74. The SMILES string of the molecule is COc1ccc2nc(CCc3ccc(N)cc3)sc2c1. The monoisotopic (exact) mass is 284 g/mol. The average Bonchev–Trinajstić information content (AvgIpc) is 2.88. The average molecular weight is 284 g/mol. The maximum Gasteiger partial charge on any atom is 0.120 e. The van der Waals surface area contributed by atoms with Gasteiger partial charge in [0.05, 0.1) is 22.3 Å². The van der Waals surface area contributed by atoms with E-state index < -0.39 is 0 Å². The van der Waals surface area contributed by atoms with Crippen LogP contribution < -0.4 is 10.5 Å². The van der Waals surface area contributed by atoms with Crippen molar-refractivity contribution in [2.75, 3.05) is 12.8 Å². The predicted octanol–water partition coefficient (Wildman–Crippen LogP) is 3.67. The second-order valence-electron chi connectivity index (χ2n) is 4.68. The molecule has 0 saturated carbocycles. The molecule has 0 unspecified atom stereocenters. The molecule has 2 aromatic carbocycles. The summed E-state index contributed by atoms with van der Waals surface area (Å²) in [5, 5.41) is 1.16. The number of anilines is 1. The van der Waals surface area contributed by atoms with Crippen molar-refractivity contribution in [1.82, 2.24) is 4.98 Å². The molecular weight excluding hydrogens is 268 g/mol. The second-order valence-corrected chi connectivity index (χ2v) is 5.80. The molecule has 0 atom stereocenters. The van der Waals surface area contributed by atoms with Crippen LogP contribution in [-0.4, -0.2) is 12.1 Å². The number of fused-ring (bicyclic) bond motifs is 1. The van der Waals surface area contributed by atoms with Crippen LogP contribution in [0.1, 0.15) is 10.6 Å². The lowest BCUT2D eigenvalue weighted by atomic mass is 10.1. The standard InChI is InChI=1S/C16H16N2OS/c1-19-13-7-8-14-15(10-13)20-16(18-14)9-4-11-2-5-12(17)6-3-11/h2-3,5-8,10H,4,9,17H2,1H3. The van der Waals surface area contributed by atoms with E-state index in [1.165, 1.54) is 10.3 Å². The van der Waals surface area contributed by atoms with E-state index >= 15 is 0 Å². The summed E-state index contributed by atoms with van der Waals surface area (Å²) in [6.07, 6.45) is 1.93. The zero-order valence-electron chi connectivity index (χ0n) is 11.3. The van der Waals surface area contributed by atoms with Gasteiger partial charge < -0.3 is 10.5 Å². The second kappa shape index (κ2) is 5.51. The molecule has 1 aromatic heterocycles. The molecule has 1 heterocycles. The number of ether oxygens (including phenoxy) is 1. The number of hydrogen-bond donors (Lipinski definition) is 1. The predicted molar refractivity (Wildman–Crippen MR) is 84.4 cm³/mol. The molecule has 0 bridgehead atoms. The lowest BCUT2D eigenvalue weighted by Gasteiger charge is -1.99. The van der Waals surface area contributed by atoms with Crippen molar-refractivity contribution in [3.8, 4) is 5.75 Å². The number of aromatic nitrogens is 1. The Hall–Kier alpha value is -2.07. The van der Waals surface area contributed by atoms with Gasteiger partial charge in [-0.15, -0.1) is 11.3 Å². The zero-order chi connectivity index (χ0) is 13.9. The number of methoxy groups -OCH3 is 1. The quantitative estimate of drug-likeness (QED) is 0.744. The highest BCUT2D eigenvalue weighted by Crippen LogP contribution is 2.27. The number of benzene rings is 2. The van der Waals surface area contributed by atoms with Crippen molar-refractivity contribution >= 4 is 27.2 Å². The molecule has 0 aliphatic carbocycles. The topological polar surface area (TPSA) is 48.1 Å². The molecule has 0 spiro atoms. The van der Waals surface area contributed by atoms with Crippen LogP contribution in [0, 0.1) is 0 Å². The Morgan fingerprint density at radius 3 is 2.65 bits per heavy atom. The minimum atomic E-state index is 0.806. The van der Waals surface area contributed by atoms with E-state index in [-0.39, 0.29) is 0 Å². The Labute approximate surface area is 122 Å². The van der Waals surface area contributed by atoms with Crippen LogP contribution >= 0.6 is 11.3 Å². The Balaban J connectivity index is 1.75. The van der Waals surface area contributed by atoms with Crippen molar-refractivity contribution < 1.29 is 4.74 Å². The summed E-state index contributed by atoms with van der Waals surface area (Å²) in [5.74, 6) is 0.881. The fourth-order valence-electron chi connectivity index (χ4n) is 2.12. The van der Waals surface area contributed by atoms with Crippen LogP contribution in [0.2, 0.25) is 0 Å². The molecule has 0 aliphatic rings. The molecule has 0 saturated heterocycles. The third-order valence-corrected chi connectivity index (χ3v) is 4.33. The van der Waals surface area contributed by atoms with Gasteiger partial charge in [0.2, 0.25) is 0 Å². The summed E-state index contributed by atoms with van der Waals surface area (Å²) < 4.78 is 6.42. The molecule has 2 N–H and O–H groups in total. The molecule has 3 nitrogen and oxygen atoms in total. The summed E-state index contributed by atoms with van der Waals surface area (Å²) >= 11 is 1.73. The van der Waals surface area contributed by atoms with Gasteiger partial charge in [0.1, 0.15) is 5.75 Å². The number of thiazole rings is 1. The van der Waals surface area contributed by atoms with Crippen molar-refractivity contribution in [2.45, 2.75) is 12.8 Å². The van der Waals surface area contributed by atoms with E-state index in [0.717, 1.165) is 34.8 Å². The van der Waals surface area contributed by atoms with Gasteiger partial charge in [-0.05, 0) is 42.3 Å². The van der Waals surface area contributed by atoms with E-state index in [1.807, 2.05) is 30.3 Å². The lowest BCUT2D eigenvalue weighted by molar-refractivity contribution is 0.415.